The molecule has 0 radical (unpaired) electrons. The first kappa shape index (κ1) is 11.6. The molecule has 0 bridgehead atoms. The number of aryl methyl sites for hydroxylation is 1. The molecule has 0 atom stereocenters. The Kier molecular flexibility index (Phi) is 3.13. The van der Waals surface area contributed by atoms with Crippen LogP contribution in [-0.2, 0) is 7.05 Å². The van der Waals surface area contributed by atoms with Gasteiger partial charge in [0.25, 0.3) is 11.5 Å². The Morgan fingerprint density at radius 3 is 2.94 bits per heavy atom. The number of hydrogen-bond acceptors (Lipinski definition) is 2. The molecule has 0 aliphatic carbocycles. The summed E-state index contributed by atoms with van der Waals surface area (Å²) < 4.78 is 1.42. The Balaban J connectivity index is 2.28. The van der Waals surface area contributed by atoms with E-state index in [1.54, 1.807) is 30.3 Å². The van der Waals surface area contributed by atoms with Gasteiger partial charge in [0, 0.05) is 26.3 Å². The van der Waals surface area contributed by atoms with Crippen LogP contribution in [0.15, 0.2) is 35.3 Å². The van der Waals surface area contributed by atoms with Crippen molar-refractivity contribution in [2.45, 2.75) is 12.8 Å². The highest BCUT2D eigenvalue weighted by atomic mass is 16.2. The van der Waals surface area contributed by atoms with Crippen LogP contribution >= 0.6 is 0 Å². The van der Waals surface area contributed by atoms with Crippen LogP contribution in [-0.4, -0.2) is 28.5 Å². The largest absolute Gasteiger partial charge is 0.334 e. The number of amides is 1. The zero-order chi connectivity index (χ0) is 12.4. The molecule has 90 valence electrons. The van der Waals surface area contributed by atoms with Gasteiger partial charge in [-0.05, 0) is 25.0 Å². The second kappa shape index (κ2) is 4.57. The summed E-state index contributed by atoms with van der Waals surface area (Å²) in [5.74, 6) is -0.188. The Morgan fingerprint density at radius 1 is 1.47 bits per heavy atom. The molecule has 0 aromatic carbocycles. The first-order valence-corrected chi connectivity index (χ1v) is 5.71. The maximum atomic E-state index is 12.2. The molecule has 4 nitrogen and oxygen atoms in total. The number of piperidine rings is 1. The fraction of sp³-hybridized carbons (Fsp3) is 0.385. The van der Waals surface area contributed by atoms with Crippen molar-refractivity contribution in [3.05, 3.63) is 46.4 Å². The van der Waals surface area contributed by atoms with Gasteiger partial charge in [-0.15, -0.1) is 0 Å². The molecule has 1 aliphatic rings. The molecule has 4 heteroatoms. The number of rotatable bonds is 1. The normalized spacial score (nSPS) is 16.1. The monoisotopic (exact) mass is 232 g/mol. The van der Waals surface area contributed by atoms with Gasteiger partial charge < -0.3 is 9.47 Å². The number of hydrogen-bond donors (Lipinski definition) is 0. The molecular formula is C13H16N2O2. The SMILES string of the molecule is C=C1CCCN(C(=O)c2cccn(C)c2=O)C1. The van der Waals surface area contributed by atoms with Gasteiger partial charge >= 0.3 is 0 Å². The average Bonchev–Trinajstić information content (AvgIpc) is 2.32. The molecule has 1 amide bonds. The van der Waals surface area contributed by atoms with E-state index < -0.39 is 0 Å². The van der Waals surface area contributed by atoms with Crippen LogP contribution in [0.3, 0.4) is 0 Å². The number of nitrogens with zero attached hydrogens (tertiary/aromatic N) is 2. The van der Waals surface area contributed by atoms with E-state index in [0.717, 1.165) is 18.4 Å². The minimum Gasteiger partial charge on any atom is -0.334 e. The minimum absolute atomic E-state index is 0.188. The van der Waals surface area contributed by atoms with E-state index in [1.807, 2.05) is 0 Å². The predicted octanol–water partition coefficient (Wildman–Crippen LogP) is 1.18. The molecule has 1 aliphatic heterocycles. The van der Waals surface area contributed by atoms with Crippen LogP contribution in [0.25, 0.3) is 0 Å². The van der Waals surface area contributed by atoms with Gasteiger partial charge in [0.1, 0.15) is 5.56 Å². The first-order chi connectivity index (χ1) is 8.09. The fourth-order valence-electron chi connectivity index (χ4n) is 2.05. The van der Waals surface area contributed by atoms with E-state index in [9.17, 15) is 9.59 Å². The highest BCUT2D eigenvalue weighted by Crippen LogP contribution is 2.15. The molecule has 2 rings (SSSR count). The van der Waals surface area contributed by atoms with E-state index in [2.05, 4.69) is 6.58 Å². The molecule has 1 fully saturated rings. The van der Waals surface area contributed by atoms with Gasteiger partial charge in [0.05, 0.1) is 0 Å². The molecule has 1 aromatic rings. The standard InChI is InChI=1S/C13H16N2O2/c1-10-5-3-8-15(9-10)13(17)11-6-4-7-14(2)12(11)16/h4,6-7H,1,3,5,8-9H2,2H3. The van der Waals surface area contributed by atoms with Crippen molar-refractivity contribution < 1.29 is 4.79 Å². The van der Waals surface area contributed by atoms with Crippen LogP contribution in [0.1, 0.15) is 23.2 Å². The lowest BCUT2D eigenvalue weighted by Gasteiger charge is -2.28. The van der Waals surface area contributed by atoms with Crippen molar-refractivity contribution >= 4 is 5.91 Å². The van der Waals surface area contributed by atoms with Gasteiger partial charge in [-0.1, -0.05) is 12.2 Å². The summed E-state index contributed by atoms with van der Waals surface area (Å²) in [7, 11) is 1.65. The summed E-state index contributed by atoms with van der Waals surface area (Å²) in [4.78, 5) is 25.7. The lowest BCUT2D eigenvalue weighted by molar-refractivity contribution is 0.0750. The summed E-state index contributed by atoms with van der Waals surface area (Å²) in [6, 6.07) is 3.30. The summed E-state index contributed by atoms with van der Waals surface area (Å²) in [5.41, 5.74) is 1.05. The van der Waals surface area contributed by atoms with Crippen LogP contribution in [0.4, 0.5) is 0 Å². The number of aromatic nitrogens is 1. The van der Waals surface area contributed by atoms with Crippen molar-refractivity contribution in [1.82, 2.24) is 9.47 Å². The lowest BCUT2D eigenvalue weighted by atomic mass is 10.1. The van der Waals surface area contributed by atoms with Crippen molar-refractivity contribution in [3.8, 4) is 0 Å². The van der Waals surface area contributed by atoms with Gasteiger partial charge in [-0.3, -0.25) is 9.59 Å². The average molecular weight is 232 g/mol. The van der Waals surface area contributed by atoms with Crippen LogP contribution in [0, 0.1) is 0 Å². The Bertz CT molecular complexity index is 516. The molecular weight excluding hydrogens is 216 g/mol. The summed E-state index contributed by atoms with van der Waals surface area (Å²) in [5, 5.41) is 0. The first-order valence-electron chi connectivity index (χ1n) is 5.71. The summed E-state index contributed by atoms with van der Waals surface area (Å²) >= 11 is 0. The predicted molar refractivity (Wildman–Crippen MR) is 66.0 cm³/mol. The quantitative estimate of drug-likeness (QED) is 0.682. The molecule has 1 aromatic heterocycles. The Morgan fingerprint density at radius 2 is 2.24 bits per heavy atom. The molecule has 1 saturated heterocycles. The van der Waals surface area contributed by atoms with Crippen molar-refractivity contribution in [2.24, 2.45) is 7.05 Å². The maximum absolute atomic E-state index is 12.2. The number of likely N-dealkylation sites (tertiary alicyclic amines) is 1. The zero-order valence-electron chi connectivity index (χ0n) is 9.98. The molecule has 2 heterocycles. The highest BCUT2D eigenvalue weighted by Gasteiger charge is 2.22. The molecule has 0 N–H and O–H groups in total. The van der Waals surface area contributed by atoms with E-state index in [-0.39, 0.29) is 17.0 Å². The number of pyridine rings is 1. The zero-order valence-corrected chi connectivity index (χ0v) is 9.98. The number of carbonyl (C=O) groups excluding carboxylic acids is 1. The fourth-order valence-corrected chi connectivity index (χ4v) is 2.05. The van der Waals surface area contributed by atoms with Crippen LogP contribution in [0.2, 0.25) is 0 Å². The van der Waals surface area contributed by atoms with Gasteiger partial charge in [-0.2, -0.15) is 0 Å². The highest BCUT2D eigenvalue weighted by molar-refractivity contribution is 5.94. The minimum atomic E-state index is -0.242. The summed E-state index contributed by atoms with van der Waals surface area (Å²) in [6.07, 6.45) is 3.54. The van der Waals surface area contributed by atoms with Crippen molar-refractivity contribution in [1.29, 1.82) is 0 Å². The maximum Gasteiger partial charge on any atom is 0.263 e. The van der Waals surface area contributed by atoms with Crippen LogP contribution in [0.5, 0.6) is 0 Å². The van der Waals surface area contributed by atoms with Gasteiger partial charge in [-0.25, -0.2) is 0 Å². The molecule has 0 spiro atoms. The third-order valence-electron chi connectivity index (χ3n) is 3.01. The lowest BCUT2D eigenvalue weighted by Crippen LogP contribution is -2.39. The van der Waals surface area contributed by atoms with Crippen molar-refractivity contribution in [2.75, 3.05) is 13.1 Å². The van der Waals surface area contributed by atoms with Crippen LogP contribution < -0.4 is 5.56 Å². The molecule has 0 unspecified atom stereocenters. The topological polar surface area (TPSA) is 42.3 Å². The third-order valence-corrected chi connectivity index (χ3v) is 3.01. The second-order valence-corrected chi connectivity index (χ2v) is 4.42. The van der Waals surface area contributed by atoms with E-state index in [4.69, 9.17) is 0 Å². The Hall–Kier alpha value is -1.84. The van der Waals surface area contributed by atoms with Gasteiger partial charge in [0.2, 0.25) is 0 Å². The molecule has 17 heavy (non-hydrogen) atoms. The van der Waals surface area contributed by atoms with Crippen molar-refractivity contribution in [3.63, 3.8) is 0 Å². The van der Waals surface area contributed by atoms with E-state index in [0.29, 0.717) is 13.1 Å². The second-order valence-electron chi connectivity index (χ2n) is 4.42. The third kappa shape index (κ3) is 2.30. The van der Waals surface area contributed by atoms with E-state index >= 15 is 0 Å². The molecule has 0 saturated carbocycles. The van der Waals surface area contributed by atoms with E-state index in [1.165, 1.54) is 4.57 Å². The summed E-state index contributed by atoms with van der Waals surface area (Å²) in [6.45, 7) is 5.17. The number of carbonyl (C=O) groups is 1. The van der Waals surface area contributed by atoms with Gasteiger partial charge in [0.15, 0.2) is 0 Å². The Labute approximate surface area is 100 Å². The smallest absolute Gasteiger partial charge is 0.263 e.